The number of hydrogen-bond donors (Lipinski definition) is 0. The van der Waals surface area contributed by atoms with Crippen LogP contribution in [0.2, 0.25) is 0 Å². The van der Waals surface area contributed by atoms with Crippen LogP contribution in [0.25, 0.3) is 23.3 Å². The largest absolute Gasteiger partial charge is 0.416 e. The number of rotatable bonds is 7. The zero-order chi connectivity index (χ0) is 27.5. The number of nitro groups is 1. The maximum absolute atomic E-state index is 13.1. The van der Waals surface area contributed by atoms with Crippen LogP contribution in [-0.4, -0.2) is 14.5 Å². The molecule has 0 spiro atoms. The second-order valence-corrected chi connectivity index (χ2v) is 9.38. The highest BCUT2D eigenvalue weighted by molar-refractivity contribution is 5.71. The number of nitro benzene ring substituents is 1. The third-order valence-electron chi connectivity index (χ3n) is 6.79. The Morgan fingerprint density at radius 1 is 0.974 bits per heavy atom. The Morgan fingerprint density at radius 3 is 2.41 bits per heavy atom. The zero-order valence-electron chi connectivity index (χ0n) is 20.8. The summed E-state index contributed by atoms with van der Waals surface area (Å²) in [5.74, 6) is 0.735. The lowest BCUT2D eigenvalue weighted by atomic mass is 9.84. The molecule has 0 N–H and O–H groups in total. The average Bonchev–Trinajstić information content (AvgIpc) is 3.42. The van der Waals surface area contributed by atoms with Crippen LogP contribution in [0.15, 0.2) is 109 Å². The van der Waals surface area contributed by atoms with Gasteiger partial charge in [0.25, 0.3) is 5.69 Å². The Bertz CT molecular complexity index is 1570. The van der Waals surface area contributed by atoms with Crippen molar-refractivity contribution in [3.8, 4) is 11.1 Å². The van der Waals surface area contributed by atoms with Gasteiger partial charge in [-0.1, -0.05) is 78.9 Å². The minimum atomic E-state index is -4.39. The van der Waals surface area contributed by atoms with E-state index in [4.69, 9.17) is 0 Å². The van der Waals surface area contributed by atoms with Gasteiger partial charge in [0.15, 0.2) is 0 Å². The van der Waals surface area contributed by atoms with Gasteiger partial charge < -0.3 is 4.57 Å². The van der Waals surface area contributed by atoms with E-state index in [1.54, 1.807) is 36.5 Å². The van der Waals surface area contributed by atoms with E-state index in [9.17, 15) is 23.3 Å². The highest BCUT2D eigenvalue weighted by Crippen LogP contribution is 2.34. The topological polar surface area (TPSA) is 61.0 Å². The molecule has 1 atom stereocenters. The molecule has 1 aromatic heterocycles. The van der Waals surface area contributed by atoms with E-state index in [1.807, 2.05) is 42.6 Å². The van der Waals surface area contributed by atoms with Crippen molar-refractivity contribution in [1.29, 1.82) is 0 Å². The molecule has 0 bridgehead atoms. The number of allylic oxidation sites excluding steroid dienone is 4. The molecule has 196 valence electrons. The van der Waals surface area contributed by atoms with Gasteiger partial charge in [0.1, 0.15) is 5.82 Å². The number of aromatic nitrogens is 2. The zero-order valence-corrected chi connectivity index (χ0v) is 20.8. The SMILES string of the molecule is O=[N+]([O-])c1ccc(CC2(n3ccnc3/C=C/c3ccc(-c4cccc(C(F)(F)F)c4)cc3)C=CC=CC2)cc1. The number of benzene rings is 3. The van der Waals surface area contributed by atoms with Gasteiger partial charge in [0, 0.05) is 24.5 Å². The third kappa shape index (κ3) is 5.75. The van der Waals surface area contributed by atoms with Crippen LogP contribution in [0.3, 0.4) is 0 Å². The molecule has 0 fully saturated rings. The van der Waals surface area contributed by atoms with Gasteiger partial charge in [-0.25, -0.2) is 4.98 Å². The molecule has 1 heterocycles. The number of halogens is 3. The summed E-state index contributed by atoms with van der Waals surface area (Å²) in [6.45, 7) is 0. The van der Waals surface area contributed by atoms with E-state index in [-0.39, 0.29) is 5.69 Å². The third-order valence-corrected chi connectivity index (χ3v) is 6.79. The Hall–Kier alpha value is -4.72. The van der Waals surface area contributed by atoms with Crippen LogP contribution < -0.4 is 0 Å². The summed E-state index contributed by atoms with van der Waals surface area (Å²) in [7, 11) is 0. The summed E-state index contributed by atoms with van der Waals surface area (Å²) in [5.41, 5.74) is 1.98. The van der Waals surface area contributed by atoms with Crippen molar-refractivity contribution < 1.29 is 18.1 Å². The molecule has 5 rings (SSSR count). The second kappa shape index (κ2) is 10.6. The van der Waals surface area contributed by atoms with E-state index >= 15 is 0 Å². The van der Waals surface area contributed by atoms with E-state index in [0.29, 0.717) is 17.5 Å². The standard InChI is InChI=1S/C31H24F3N3O2/c32-31(33,34)27-6-4-5-26(21-27)25-12-7-23(8-13-25)11-16-29-35-19-20-36(29)30(17-2-1-3-18-30)22-24-9-14-28(15-10-24)37(38)39/h1-17,19-21H,18,22H2/b16-11+. The normalized spacial score (nSPS) is 17.1. The van der Waals surface area contributed by atoms with Gasteiger partial charge in [-0.05, 0) is 53.3 Å². The molecule has 39 heavy (non-hydrogen) atoms. The molecule has 0 aliphatic heterocycles. The average molecular weight is 528 g/mol. The van der Waals surface area contributed by atoms with Crippen LogP contribution in [0.5, 0.6) is 0 Å². The lowest BCUT2D eigenvalue weighted by molar-refractivity contribution is -0.384. The lowest BCUT2D eigenvalue weighted by Crippen LogP contribution is -2.35. The van der Waals surface area contributed by atoms with Crippen molar-refractivity contribution >= 4 is 17.8 Å². The highest BCUT2D eigenvalue weighted by Gasteiger charge is 2.32. The number of non-ortho nitro benzene ring substituents is 1. The first-order valence-electron chi connectivity index (χ1n) is 12.3. The predicted molar refractivity (Wildman–Crippen MR) is 146 cm³/mol. The molecule has 0 radical (unpaired) electrons. The van der Waals surface area contributed by atoms with Gasteiger partial charge in [0.05, 0.1) is 16.0 Å². The molecule has 0 amide bonds. The van der Waals surface area contributed by atoms with Gasteiger partial charge in [-0.3, -0.25) is 10.1 Å². The summed E-state index contributed by atoms with van der Waals surface area (Å²) in [6, 6.07) is 19.2. The first-order chi connectivity index (χ1) is 18.7. The summed E-state index contributed by atoms with van der Waals surface area (Å²) < 4.78 is 41.4. The molecule has 4 aromatic rings. The van der Waals surface area contributed by atoms with Crippen molar-refractivity contribution in [2.24, 2.45) is 0 Å². The summed E-state index contributed by atoms with van der Waals surface area (Å²) in [4.78, 5) is 15.2. The number of nitrogens with zero attached hydrogens (tertiary/aromatic N) is 3. The molecule has 0 saturated carbocycles. The minimum Gasteiger partial charge on any atom is -0.321 e. The van der Waals surface area contributed by atoms with Crippen LogP contribution in [0, 0.1) is 10.1 Å². The fourth-order valence-electron chi connectivity index (χ4n) is 4.78. The molecule has 1 aliphatic rings. The first-order valence-corrected chi connectivity index (χ1v) is 12.3. The van der Waals surface area contributed by atoms with Crippen molar-refractivity contribution in [1.82, 2.24) is 9.55 Å². The van der Waals surface area contributed by atoms with E-state index in [2.05, 4.69) is 21.7 Å². The van der Waals surface area contributed by atoms with Crippen LogP contribution in [-0.2, 0) is 18.1 Å². The van der Waals surface area contributed by atoms with Crippen molar-refractivity contribution in [3.63, 3.8) is 0 Å². The monoisotopic (exact) mass is 527 g/mol. The first kappa shape index (κ1) is 25.9. The molecule has 3 aromatic carbocycles. The van der Waals surface area contributed by atoms with E-state index in [1.165, 1.54) is 18.2 Å². The molecule has 8 heteroatoms. The molecule has 1 aliphatic carbocycles. The summed E-state index contributed by atoms with van der Waals surface area (Å²) >= 11 is 0. The van der Waals surface area contributed by atoms with Gasteiger partial charge in [-0.2, -0.15) is 13.2 Å². The summed E-state index contributed by atoms with van der Waals surface area (Å²) in [6.07, 6.45) is 12.6. The maximum atomic E-state index is 13.1. The maximum Gasteiger partial charge on any atom is 0.416 e. The quantitative estimate of drug-likeness (QED) is 0.180. The highest BCUT2D eigenvalue weighted by atomic mass is 19.4. The predicted octanol–water partition coefficient (Wildman–Crippen LogP) is 8.10. The Labute approximate surface area is 223 Å². The van der Waals surface area contributed by atoms with Crippen LogP contribution >= 0.6 is 0 Å². The van der Waals surface area contributed by atoms with E-state index in [0.717, 1.165) is 35.5 Å². The van der Waals surface area contributed by atoms with Gasteiger partial charge in [0.2, 0.25) is 0 Å². The number of imidazole rings is 1. The van der Waals surface area contributed by atoms with Gasteiger partial charge in [-0.15, -0.1) is 0 Å². The van der Waals surface area contributed by atoms with Crippen molar-refractivity contribution in [2.45, 2.75) is 24.6 Å². The van der Waals surface area contributed by atoms with E-state index < -0.39 is 22.2 Å². The van der Waals surface area contributed by atoms with Crippen molar-refractivity contribution in [3.05, 3.63) is 142 Å². The minimum absolute atomic E-state index is 0.0530. The summed E-state index contributed by atoms with van der Waals surface area (Å²) in [5, 5.41) is 11.1. The van der Waals surface area contributed by atoms with Crippen LogP contribution in [0.1, 0.15) is 28.9 Å². The Balaban J connectivity index is 1.38. The number of alkyl halides is 3. The number of hydrogen-bond acceptors (Lipinski definition) is 3. The lowest BCUT2D eigenvalue weighted by Gasteiger charge is -2.34. The Morgan fingerprint density at radius 2 is 1.74 bits per heavy atom. The molecule has 0 saturated heterocycles. The molecule has 5 nitrogen and oxygen atoms in total. The fraction of sp³-hybridized carbons (Fsp3) is 0.129. The smallest absolute Gasteiger partial charge is 0.321 e. The fourth-order valence-corrected chi connectivity index (χ4v) is 4.78. The Kier molecular flexibility index (Phi) is 7.02. The van der Waals surface area contributed by atoms with Crippen molar-refractivity contribution in [2.75, 3.05) is 0 Å². The van der Waals surface area contributed by atoms with Crippen LogP contribution in [0.4, 0.5) is 18.9 Å². The molecular weight excluding hydrogens is 503 g/mol. The molecule has 1 unspecified atom stereocenters. The second-order valence-electron chi connectivity index (χ2n) is 9.38. The molecular formula is C31H24F3N3O2. The van der Waals surface area contributed by atoms with Gasteiger partial charge >= 0.3 is 6.18 Å².